The van der Waals surface area contributed by atoms with E-state index in [9.17, 15) is 13.2 Å². The van der Waals surface area contributed by atoms with Crippen molar-refractivity contribution >= 4 is 21.6 Å². The number of anilines is 1. The topological polar surface area (TPSA) is 66.5 Å². The molecule has 0 radical (unpaired) electrons. The Morgan fingerprint density at radius 3 is 2.82 bits per heavy atom. The van der Waals surface area contributed by atoms with Gasteiger partial charge in [-0.15, -0.1) is 0 Å². The molecular weight excluding hydrogens is 300 g/mol. The van der Waals surface area contributed by atoms with E-state index in [1.54, 1.807) is 12.1 Å². The number of rotatable bonds is 4. The van der Waals surface area contributed by atoms with Gasteiger partial charge in [-0.05, 0) is 56.4 Å². The highest BCUT2D eigenvalue weighted by molar-refractivity contribution is 7.89. The number of nitrogens with one attached hydrogen (secondary N) is 1. The van der Waals surface area contributed by atoms with E-state index in [4.69, 9.17) is 0 Å². The first kappa shape index (κ1) is 15.5. The van der Waals surface area contributed by atoms with E-state index in [0.29, 0.717) is 0 Å². The number of sulfonamides is 1. The summed E-state index contributed by atoms with van der Waals surface area (Å²) in [5.74, 6) is -0.175. The Bertz CT molecular complexity index is 727. The van der Waals surface area contributed by atoms with Gasteiger partial charge in [0.25, 0.3) is 0 Å². The average molecular weight is 322 g/mol. The molecule has 5 nitrogen and oxygen atoms in total. The van der Waals surface area contributed by atoms with Crippen LogP contribution in [0.15, 0.2) is 17.0 Å². The summed E-state index contributed by atoms with van der Waals surface area (Å²) < 4.78 is 27.8. The number of benzene rings is 1. The minimum Gasteiger partial charge on any atom is -0.311 e. The van der Waals surface area contributed by atoms with Crippen LogP contribution < -0.4 is 9.62 Å². The van der Waals surface area contributed by atoms with Crippen LogP contribution in [0, 0.1) is 0 Å². The molecule has 1 aromatic carbocycles. The van der Waals surface area contributed by atoms with Gasteiger partial charge in [0.2, 0.25) is 15.9 Å². The molecule has 1 aromatic rings. The van der Waals surface area contributed by atoms with Crippen LogP contribution >= 0.6 is 0 Å². The number of amides is 1. The fraction of sp³-hybridized carbons (Fsp3) is 0.562. The zero-order chi connectivity index (χ0) is 16.1. The Morgan fingerprint density at radius 2 is 2.14 bits per heavy atom. The molecule has 2 heterocycles. The van der Waals surface area contributed by atoms with Crippen molar-refractivity contribution in [2.45, 2.75) is 56.9 Å². The molecule has 2 aliphatic rings. The molecule has 0 saturated heterocycles. The number of hydrogen-bond acceptors (Lipinski definition) is 3. The molecule has 22 heavy (non-hydrogen) atoms. The van der Waals surface area contributed by atoms with Gasteiger partial charge >= 0.3 is 0 Å². The van der Waals surface area contributed by atoms with Gasteiger partial charge in [0, 0.05) is 12.6 Å². The fourth-order valence-corrected chi connectivity index (χ4v) is 4.65. The van der Waals surface area contributed by atoms with Crippen molar-refractivity contribution in [3.63, 3.8) is 0 Å². The summed E-state index contributed by atoms with van der Waals surface area (Å²) >= 11 is 0. The molecular formula is C16H22N2O3S. The smallest absolute Gasteiger partial charge is 0.240 e. The first-order chi connectivity index (χ1) is 10.3. The lowest BCUT2D eigenvalue weighted by Crippen LogP contribution is -2.33. The summed E-state index contributed by atoms with van der Waals surface area (Å²) in [7, 11) is -3.54. The first-order valence-corrected chi connectivity index (χ1v) is 9.34. The molecule has 0 saturated carbocycles. The van der Waals surface area contributed by atoms with Crippen molar-refractivity contribution in [1.82, 2.24) is 4.72 Å². The van der Waals surface area contributed by atoms with E-state index >= 15 is 0 Å². The SMILES string of the molecule is CC[C@@H](C)NS(=O)(=O)c1cc2c3c(c1)[C@H](C)C(=O)N3CCC2. The highest BCUT2D eigenvalue weighted by atomic mass is 32.2. The zero-order valence-electron chi connectivity index (χ0n) is 13.2. The lowest BCUT2D eigenvalue weighted by Gasteiger charge is -2.26. The van der Waals surface area contributed by atoms with Crippen molar-refractivity contribution < 1.29 is 13.2 Å². The maximum Gasteiger partial charge on any atom is 0.240 e. The van der Waals surface area contributed by atoms with E-state index in [1.807, 2.05) is 25.7 Å². The molecule has 0 aromatic heterocycles. The van der Waals surface area contributed by atoms with Crippen LogP contribution in [-0.2, 0) is 21.2 Å². The van der Waals surface area contributed by atoms with Crippen molar-refractivity contribution in [2.75, 3.05) is 11.4 Å². The molecule has 1 N–H and O–H groups in total. The van der Waals surface area contributed by atoms with E-state index in [-0.39, 0.29) is 22.8 Å². The highest BCUT2D eigenvalue weighted by Crippen LogP contribution is 2.43. The zero-order valence-corrected chi connectivity index (χ0v) is 14.0. The van der Waals surface area contributed by atoms with Gasteiger partial charge in [-0.2, -0.15) is 0 Å². The van der Waals surface area contributed by atoms with E-state index in [0.717, 1.165) is 42.6 Å². The lowest BCUT2D eigenvalue weighted by molar-refractivity contribution is -0.119. The summed E-state index contributed by atoms with van der Waals surface area (Å²) in [5.41, 5.74) is 2.78. The van der Waals surface area contributed by atoms with Crippen LogP contribution in [0.1, 0.15) is 50.7 Å². The van der Waals surface area contributed by atoms with E-state index in [2.05, 4.69) is 4.72 Å². The predicted molar refractivity (Wildman–Crippen MR) is 85.6 cm³/mol. The lowest BCUT2D eigenvalue weighted by atomic mass is 9.97. The summed E-state index contributed by atoms with van der Waals surface area (Å²) in [4.78, 5) is 14.4. The van der Waals surface area contributed by atoms with Crippen LogP contribution in [0.4, 0.5) is 5.69 Å². The third-order valence-corrected chi connectivity index (χ3v) is 6.24. The number of hydrogen-bond donors (Lipinski definition) is 1. The van der Waals surface area contributed by atoms with Gasteiger partial charge in [-0.3, -0.25) is 4.79 Å². The monoisotopic (exact) mass is 322 g/mol. The Balaban J connectivity index is 2.09. The third kappa shape index (κ3) is 2.34. The van der Waals surface area contributed by atoms with Crippen LogP contribution in [0.3, 0.4) is 0 Å². The van der Waals surface area contributed by atoms with Crippen molar-refractivity contribution in [3.05, 3.63) is 23.3 Å². The summed E-state index contributed by atoms with van der Waals surface area (Å²) in [6.07, 6.45) is 2.44. The molecule has 0 spiro atoms. The molecule has 0 unspecified atom stereocenters. The standard InChI is InChI=1S/C16H22N2O3S/c1-4-10(2)17-22(20,21)13-8-12-6-5-7-18-15(12)14(9-13)11(3)16(18)19/h8-11,17H,4-7H2,1-3H3/t10-,11+/m1/s1. The third-order valence-electron chi connectivity index (χ3n) is 4.67. The van der Waals surface area contributed by atoms with Crippen molar-refractivity contribution in [2.24, 2.45) is 0 Å². The normalized spacial score (nSPS) is 21.9. The van der Waals surface area contributed by atoms with Gasteiger partial charge in [0.05, 0.1) is 16.5 Å². The summed E-state index contributed by atoms with van der Waals surface area (Å²) in [5, 5.41) is 0. The Morgan fingerprint density at radius 1 is 1.41 bits per heavy atom. The number of aryl methyl sites for hydroxylation is 1. The molecule has 0 bridgehead atoms. The second kappa shape index (κ2) is 5.35. The van der Waals surface area contributed by atoms with Gasteiger partial charge in [0.1, 0.15) is 0 Å². The molecule has 2 aliphatic heterocycles. The highest BCUT2D eigenvalue weighted by Gasteiger charge is 2.38. The molecule has 1 amide bonds. The van der Waals surface area contributed by atoms with Crippen LogP contribution in [0.2, 0.25) is 0 Å². The Labute approximate surface area is 131 Å². The Hall–Kier alpha value is -1.40. The molecule has 2 atom stereocenters. The number of carbonyl (C=O) groups is 1. The predicted octanol–water partition coefficient (Wildman–Crippen LogP) is 2.16. The minimum absolute atomic E-state index is 0.0837. The maximum atomic E-state index is 12.5. The summed E-state index contributed by atoms with van der Waals surface area (Å²) in [6.45, 7) is 6.39. The number of nitrogens with zero attached hydrogens (tertiary/aromatic N) is 1. The molecule has 3 rings (SSSR count). The van der Waals surface area contributed by atoms with Gasteiger partial charge in [0.15, 0.2) is 0 Å². The molecule has 0 aliphatic carbocycles. The molecule has 0 fully saturated rings. The maximum absolute atomic E-state index is 12.5. The van der Waals surface area contributed by atoms with Crippen LogP contribution in [0.25, 0.3) is 0 Å². The van der Waals surface area contributed by atoms with Gasteiger partial charge in [-0.25, -0.2) is 13.1 Å². The fourth-order valence-electron chi connectivity index (χ4n) is 3.24. The van der Waals surface area contributed by atoms with Crippen LogP contribution in [-0.4, -0.2) is 26.9 Å². The van der Waals surface area contributed by atoms with Gasteiger partial charge in [-0.1, -0.05) is 6.92 Å². The van der Waals surface area contributed by atoms with Crippen molar-refractivity contribution in [3.8, 4) is 0 Å². The summed E-state index contributed by atoms with van der Waals surface area (Å²) in [6, 6.07) is 3.31. The van der Waals surface area contributed by atoms with E-state index < -0.39 is 10.0 Å². The number of carbonyl (C=O) groups excluding carboxylic acids is 1. The van der Waals surface area contributed by atoms with Crippen LogP contribution in [0.5, 0.6) is 0 Å². The largest absolute Gasteiger partial charge is 0.311 e. The molecule has 120 valence electrons. The Kier molecular flexibility index (Phi) is 3.77. The van der Waals surface area contributed by atoms with Crippen molar-refractivity contribution in [1.29, 1.82) is 0 Å². The first-order valence-electron chi connectivity index (χ1n) is 7.85. The van der Waals surface area contributed by atoms with Gasteiger partial charge < -0.3 is 4.90 Å². The minimum atomic E-state index is -3.54. The average Bonchev–Trinajstić information content (AvgIpc) is 2.74. The quantitative estimate of drug-likeness (QED) is 0.924. The van der Waals surface area contributed by atoms with E-state index in [1.165, 1.54) is 0 Å². The second-order valence-corrected chi connectivity index (χ2v) is 7.98. The molecule has 6 heteroatoms. The second-order valence-electron chi connectivity index (χ2n) is 6.27.